The van der Waals surface area contributed by atoms with Crippen LogP contribution in [0.5, 0.6) is 5.75 Å². The largest absolute Gasteiger partial charge is 0.493 e. The second-order valence-corrected chi connectivity index (χ2v) is 7.17. The molecular formula is C23H26N4O2. The van der Waals surface area contributed by atoms with Crippen LogP contribution >= 0.6 is 0 Å². The summed E-state index contributed by atoms with van der Waals surface area (Å²) in [6, 6.07) is 19.8. The molecule has 6 nitrogen and oxygen atoms in total. The van der Waals surface area contributed by atoms with Gasteiger partial charge >= 0.3 is 0 Å². The number of ether oxygens (including phenoxy) is 1. The molecule has 2 N–H and O–H groups in total. The molecule has 4 rings (SSSR count). The van der Waals surface area contributed by atoms with Gasteiger partial charge in [-0.05, 0) is 37.5 Å². The van der Waals surface area contributed by atoms with Crippen LogP contribution in [0.25, 0.3) is 11.3 Å². The number of para-hydroxylation sites is 1. The molecule has 1 fully saturated rings. The summed E-state index contributed by atoms with van der Waals surface area (Å²) in [5.41, 5.74) is 2.74. The number of amides is 1. The van der Waals surface area contributed by atoms with Gasteiger partial charge < -0.3 is 15.0 Å². The third-order valence-electron chi connectivity index (χ3n) is 5.23. The Balaban J connectivity index is 1.34. The molecule has 150 valence electrons. The minimum atomic E-state index is -0.0707. The fraction of sp³-hybridized carbons (Fsp3) is 0.304. The molecule has 2 heterocycles. The summed E-state index contributed by atoms with van der Waals surface area (Å²) in [6.07, 6.45) is 1.77. The number of aromatic nitrogens is 2. The highest BCUT2D eigenvalue weighted by molar-refractivity contribution is 5.97. The SMILES string of the molecule is CCOc1ccccc1C(=O)NC1CCN(c2cc(-c3ccccc3)[nH]n2)CC1. The Bertz CT molecular complexity index is 946. The van der Waals surface area contributed by atoms with Crippen molar-refractivity contribution < 1.29 is 9.53 Å². The van der Waals surface area contributed by atoms with E-state index in [0.29, 0.717) is 17.9 Å². The van der Waals surface area contributed by atoms with E-state index in [0.717, 1.165) is 43.0 Å². The molecule has 2 aromatic carbocycles. The lowest BCUT2D eigenvalue weighted by molar-refractivity contribution is 0.0927. The zero-order valence-electron chi connectivity index (χ0n) is 16.6. The molecule has 0 radical (unpaired) electrons. The number of nitrogens with zero attached hydrogens (tertiary/aromatic N) is 2. The van der Waals surface area contributed by atoms with E-state index in [1.165, 1.54) is 0 Å². The average molecular weight is 390 g/mol. The highest BCUT2D eigenvalue weighted by Gasteiger charge is 2.23. The second-order valence-electron chi connectivity index (χ2n) is 7.17. The van der Waals surface area contributed by atoms with Crippen LogP contribution in [0.4, 0.5) is 5.82 Å². The van der Waals surface area contributed by atoms with Crippen molar-refractivity contribution in [3.8, 4) is 17.0 Å². The van der Waals surface area contributed by atoms with Crippen molar-refractivity contribution >= 4 is 11.7 Å². The van der Waals surface area contributed by atoms with E-state index in [1.807, 2.05) is 49.4 Å². The fourth-order valence-corrected chi connectivity index (χ4v) is 3.69. The smallest absolute Gasteiger partial charge is 0.255 e. The quantitative estimate of drug-likeness (QED) is 0.670. The van der Waals surface area contributed by atoms with E-state index in [4.69, 9.17) is 4.74 Å². The highest BCUT2D eigenvalue weighted by atomic mass is 16.5. The maximum atomic E-state index is 12.7. The van der Waals surface area contributed by atoms with Gasteiger partial charge in [0, 0.05) is 25.2 Å². The summed E-state index contributed by atoms with van der Waals surface area (Å²) >= 11 is 0. The molecule has 3 aromatic rings. The summed E-state index contributed by atoms with van der Waals surface area (Å²) in [4.78, 5) is 15.0. The summed E-state index contributed by atoms with van der Waals surface area (Å²) in [5, 5.41) is 10.8. The second kappa shape index (κ2) is 8.82. The van der Waals surface area contributed by atoms with Gasteiger partial charge in [0.05, 0.1) is 17.9 Å². The van der Waals surface area contributed by atoms with Crippen LogP contribution in [0.3, 0.4) is 0 Å². The maximum Gasteiger partial charge on any atom is 0.255 e. The Morgan fingerprint density at radius 3 is 2.62 bits per heavy atom. The number of benzene rings is 2. The molecule has 1 saturated heterocycles. The molecule has 1 amide bonds. The molecule has 1 aromatic heterocycles. The minimum Gasteiger partial charge on any atom is -0.493 e. The number of carbonyl (C=O) groups is 1. The monoisotopic (exact) mass is 390 g/mol. The van der Waals surface area contributed by atoms with Crippen LogP contribution in [0.1, 0.15) is 30.1 Å². The topological polar surface area (TPSA) is 70.2 Å². The third-order valence-corrected chi connectivity index (χ3v) is 5.23. The summed E-state index contributed by atoms with van der Waals surface area (Å²) < 4.78 is 5.58. The number of hydrogen-bond acceptors (Lipinski definition) is 4. The van der Waals surface area contributed by atoms with Gasteiger partial charge in [0.1, 0.15) is 5.75 Å². The molecule has 29 heavy (non-hydrogen) atoms. The maximum absolute atomic E-state index is 12.7. The Morgan fingerprint density at radius 2 is 1.86 bits per heavy atom. The Labute approximate surface area is 170 Å². The van der Waals surface area contributed by atoms with Crippen molar-refractivity contribution in [2.24, 2.45) is 0 Å². The molecule has 1 aliphatic heterocycles. The summed E-state index contributed by atoms with van der Waals surface area (Å²) in [6.45, 7) is 4.17. The van der Waals surface area contributed by atoms with E-state index in [-0.39, 0.29) is 11.9 Å². The number of carbonyl (C=O) groups excluding carboxylic acids is 1. The predicted molar refractivity (Wildman–Crippen MR) is 114 cm³/mol. The van der Waals surface area contributed by atoms with Crippen LogP contribution in [0, 0.1) is 0 Å². The number of H-pyrrole nitrogens is 1. The first-order chi connectivity index (χ1) is 14.2. The van der Waals surface area contributed by atoms with Crippen LogP contribution in [0.15, 0.2) is 60.7 Å². The van der Waals surface area contributed by atoms with Crippen LogP contribution in [-0.2, 0) is 0 Å². The van der Waals surface area contributed by atoms with Gasteiger partial charge in [-0.2, -0.15) is 5.10 Å². The number of anilines is 1. The molecular weight excluding hydrogens is 364 g/mol. The lowest BCUT2D eigenvalue weighted by atomic mass is 10.0. The normalized spacial score (nSPS) is 14.6. The van der Waals surface area contributed by atoms with Gasteiger partial charge in [-0.3, -0.25) is 9.89 Å². The lowest BCUT2D eigenvalue weighted by Crippen LogP contribution is -2.44. The van der Waals surface area contributed by atoms with E-state index < -0.39 is 0 Å². The number of rotatable bonds is 6. The van der Waals surface area contributed by atoms with Crippen molar-refractivity contribution in [1.82, 2.24) is 15.5 Å². The number of hydrogen-bond donors (Lipinski definition) is 2. The van der Waals surface area contributed by atoms with Crippen LogP contribution in [0.2, 0.25) is 0 Å². The molecule has 6 heteroatoms. The number of piperidine rings is 1. The third kappa shape index (κ3) is 4.42. The van der Waals surface area contributed by atoms with Crippen molar-refractivity contribution in [2.45, 2.75) is 25.8 Å². The number of nitrogens with one attached hydrogen (secondary N) is 2. The Hall–Kier alpha value is -3.28. The first-order valence-electron chi connectivity index (χ1n) is 10.1. The van der Waals surface area contributed by atoms with Crippen LogP contribution < -0.4 is 15.0 Å². The molecule has 0 aliphatic carbocycles. The molecule has 1 aliphatic rings. The molecule has 0 spiro atoms. The Morgan fingerprint density at radius 1 is 1.14 bits per heavy atom. The van der Waals surface area contributed by atoms with Crippen molar-refractivity contribution in [3.63, 3.8) is 0 Å². The summed E-state index contributed by atoms with van der Waals surface area (Å²) in [7, 11) is 0. The van der Waals surface area contributed by atoms with Crippen molar-refractivity contribution in [2.75, 3.05) is 24.6 Å². The van der Waals surface area contributed by atoms with E-state index in [1.54, 1.807) is 0 Å². The average Bonchev–Trinajstić information content (AvgIpc) is 3.26. The molecule has 0 saturated carbocycles. The van der Waals surface area contributed by atoms with Gasteiger partial charge in [-0.1, -0.05) is 42.5 Å². The molecule has 0 bridgehead atoms. The molecule has 0 unspecified atom stereocenters. The Kier molecular flexibility index (Phi) is 5.79. The summed E-state index contributed by atoms with van der Waals surface area (Å²) in [5.74, 6) is 1.52. The van der Waals surface area contributed by atoms with Gasteiger partial charge in [-0.15, -0.1) is 0 Å². The minimum absolute atomic E-state index is 0.0707. The zero-order valence-corrected chi connectivity index (χ0v) is 16.6. The van der Waals surface area contributed by atoms with E-state index >= 15 is 0 Å². The van der Waals surface area contributed by atoms with Gasteiger partial charge in [0.15, 0.2) is 5.82 Å². The first-order valence-corrected chi connectivity index (χ1v) is 10.1. The van der Waals surface area contributed by atoms with Gasteiger partial charge in [-0.25, -0.2) is 0 Å². The van der Waals surface area contributed by atoms with E-state index in [2.05, 4.69) is 38.6 Å². The van der Waals surface area contributed by atoms with Crippen LogP contribution in [-0.4, -0.2) is 41.8 Å². The lowest BCUT2D eigenvalue weighted by Gasteiger charge is -2.32. The predicted octanol–water partition coefficient (Wildman–Crippen LogP) is 3.87. The standard InChI is InChI=1S/C23H26N4O2/c1-2-29-21-11-7-6-10-19(21)23(28)24-18-12-14-27(15-13-18)22-16-20(25-26-22)17-8-4-3-5-9-17/h3-11,16,18H,2,12-15H2,1H3,(H,24,28)(H,25,26). The molecule has 0 atom stereocenters. The fourth-order valence-electron chi connectivity index (χ4n) is 3.69. The van der Waals surface area contributed by atoms with E-state index in [9.17, 15) is 4.79 Å². The number of aromatic amines is 1. The first kappa shape index (κ1) is 19.1. The zero-order chi connectivity index (χ0) is 20.1. The van der Waals surface area contributed by atoms with Gasteiger partial charge in [0.25, 0.3) is 5.91 Å². The van der Waals surface area contributed by atoms with Crippen molar-refractivity contribution in [1.29, 1.82) is 0 Å². The van der Waals surface area contributed by atoms with Gasteiger partial charge in [0.2, 0.25) is 0 Å². The highest BCUT2D eigenvalue weighted by Crippen LogP contribution is 2.24. The van der Waals surface area contributed by atoms with Crippen molar-refractivity contribution in [3.05, 3.63) is 66.2 Å².